The monoisotopic (exact) mass is 528 g/mol. The van der Waals surface area contributed by atoms with Crippen molar-refractivity contribution in [3.63, 3.8) is 0 Å². The minimum Gasteiger partial charge on any atom is -0.508 e. The Labute approximate surface area is 194 Å². The number of nitrogens with zero attached hydrogens (tertiary/aromatic N) is 1. The van der Waals surface area contributed by atoms with E-state index in [1.807, 2.05) is 25.1 Å². The van der Waals surface area contributed by atoms with Gasteiger partial charge < -0.3 is 30.5 Å². The van der Waals surface area contributed by atoms with Crippen LogP contribution in [-0.2, 0) is 6.54 Å². The van der Waals surface area contributed by atoms with Crippen molar-refractivity contribution >= 4 is 35.8 Å². The van der Waals surface area contributed by atoms with Crippen molar-refractivity contribution < 1.29 is 19.4 Å². The number of halogens is 1. The highest BCUT2D eigenvalue weighted by Gasteiger charge is 2.07. The molecular weight excluding hydrogens is 499 g/mol. The predicted molar refractivity (Wildman–Crippen MR) is 128 cm³/mol. The number of hydrogen-bond acceptors (Lipinski definition) is 5. The zero-order valence-corrected chi connectivity index (χ0v) is 19.7. The number of carbonyl (C=O) groups excluding carboxylic acids is 1. The molecule has 0 aliphatic rings. The highest BCUT2D eigenvalue weighted by atomic mass is 127. The van der Waals surface area contributed by atoms with E-state index < -0.39 is 0 Å². The van der Waals surface area contributed by atoms with Crippen LogP contribution in [0.15, 0.2) is 47.5 Å². The van der Waals surface area contributed by atoms with Gasteiger partial charge in [0.15, 0.2) is 5.96 Å². The number of benzene rings is 2. The minimum atomic E-state index is -0.197. The summed E-state index contributed by atoms with van der Waals surface area (Å²) in [4.78, 5) is 16.6. The minimum absolute atomic E-state index is 0. The molecule has 0 aliphatic carbocycles. The van der Waals surface area contributed by atoms with Gasteiger partial charge in [0.25, 0.3) is 5.91 Å². The fourth-order valence-electron chi connectivity index (χ4n) is 2.56. The molecule has 2 rings (SSSR count). The van der Waals surface area contributed by atoms with Crippen LogP contribution in [0.4, 0.5) is 0 Å². The summed E-state index contributed by atoms with van der Waals surface area (Å²) in [5, 5.41) is 18.5. The second-order valence-corrected chi connectivity index (χ2v) is 6.10. The fraction of sp³-hybridized carbons (Fsp3) is 0.333. The number of methoxy groups -OCH3 is 2. The number of nitrogens with one attached hydrogen (secondary N) is 3. The highest BCUT2D eigenvalue weighted by molar-refractivity contribution is 14.0. The summed E-state index contributed by atoms with van der Waals surface area (Å²) >= 11 is 0. The van der Waals surface area contributed by atoms with Gasteiger partial charge in [-0.3, -0.25) is 4.79 Å². The van der Waals surface area contributed by atoms with Crippen LogP contribution in [0.2, 0.25) is 0 Å². The van der Waals surface area contributed by atoms with Crippen molar-refractivity contribution in [3.8, 4) is 17.2 Å². The summed E-state index contributed by atoms with van der Waals surface area (Å²) in [6, 6.07) is 11.7. The number of ether oxygens (including phenoxy) is 2. The van der Waals surface area contributed by atoms with E-state index in [9.17, 15) is 9.90 Å². The fourth-order valence-corrected chi connectivity index (χ4v) is 2.56. The Bertz CT molecular complexity index is 828. The number of carbonyl (C=O) groups is 1. The first-order valence-electron chi connectivity index (χ1n) is 9.37. The van der Waals surface area contributed by atoms with Crippen molar-refractivity contribution in [1.82, 2.24) is 16.0 Å². The number of phenols is 1. The van der Waals surface area contributed by atoms with Crippen molar-refractivity contribution in [2.24, 2.45) is 4.99 Å². The molecule has 0 spiro atoms. The number of aromatic hydroxyl groups is 1. The molecule has 164 valence electrons. The van der Waals surface area contributed by atoms with Crippen LogP contribution in [0, 0.1) is 0 Å². The van der Waals surface area contributed by atoms with Gasteiger partial charge in [-0.05, 0) is 43.3 Å². The molecule has 0 fully saturated rings. The lowest BCUT2D eigenvalue weighted by Gasteiger charge is -2.13. The average Bonchev–Trinajstić information content (AvgIpc) is 2.75. The molecule has 9 heteroatoms. The SMILES string of the molecule is CCNC(=NCc1ccc(OC)cc1OC)NCCNC(=O)c1ccc(O)cc1.I. The van der Waals surface area contributed by atoms with Crippen molar-refractivity contribution in [3.05, 3.63) is 53.6 Å². The molecule has 0 bridgehead atoms. The van der Waals surface area contributed by atoms with E-state index in [-0.39, 0.29) is 35.6 Å². The van der Waals surface area contributed by atoms with Crippen LogP contribution >= 0.6 is 24.0 Å². The standard InChI is InChI=1S/C21H28N4O4.HI/c1-4-22-21(25-14-16-7-10-18(28-2)13-19(16)29-3)24-12-11-23-20(27)15-5-8-17(26)9-6-15;/h5-10,13,26H,4,11-12,14H2,1-3H3,(H,23,27)(H2,22,24,25);1H. The molecule has 0 aromatic heterocycles. The molecular formula is C21H29IN4O4. The van der Waals surface area contributed by atoms with Gasteiger partial charge in [-0.15, -0.1) is 24.0 Å². The number of aliphatic imine (C=N–C) groups is 1. The number of hydrogen-bond donors (Lipinski definition) is 4. The first-order chi connectivity index (χ1) is 14.1. The van der Waals surface area contributed by atoms with E-state index in [1.54, 1.807) is 26.4 Å². The quantitative estimate of drug-likeness (QED) is 0.173. The maximum absolute atomic E-state index is 12.1. The topological polar surface area (TPSA) is 104 Å². The molecule has 0 saturated carbocycles. The van der Waals surface area contributed by atoms with Crippen LogP contribution in [0.1, 0.15) is 22.8 Å². The van der Waals surface area contributed by atoms with E-state index in [4.69, 9.17) is 9.47 Å². The van der Waals surface area contributed by atoms with Gasteiger partial charge in [0, 0.05) is 36.8 Å². The Morgan fingerprint density at radius 1 is 1.00 bits per heavy atom. The van der Waals surface area contributed by atoms with Crippen LogP contribution in [0.25, 0.3) is 0 Å². The first kappa shape index (κ1) is 25.3. The Hall–Kier alpha value is -2.69. The average molecular weight is 528 g/mol. The molecule has 1 amide bonds. The van der Waals surface area contributed by atoms with Crippen LogP contribution in [0.5, 0.6) is 17.2 Å². The van der Waals surface area contributed by atoms with Gasteiger partial charge in [0.2, 0.25) is 0 Å². The van der Waals surface area contributed by atoms with E-state index in [2.05, 4.69) is 20.9 Å². The molecule has 0 saturated heterocycles. The molecule has 2 aromatic carbocycles. The predicted octanol–water partition coefficient (Wildman–Crippen LogP) is 2.51. The lowest BCUT2D eigenvalue weighted by Crippen LogP contribution is -2.41. The smallest absolute Gasteiger partial charge is 0.251 e. The van der Waals surface area contributed by atoms with E-state index >= 15 is 0 Å². The molecule has 0 radical (unpaired) electrons. The van der Waals surface area contributed by atoms with Crippen molar-refractivity contribution in [1.29, 1.82) is 0 Å². The summed E-state index contributed by atoms with van der Waals surface area (Å²) in [5.74, 6) is 2.01. The third-order valence-corrected chi connectivity index (χ3v) is 4.08. The van der Waals surface area contributed by atoms with Crippen molar-refractivity contribution in [2.45, 2.75) is 13.5 Å². The Morgan fingerprint density at radius 2 is 1.70 bits per heavy atom. The van der Waals surface area contributed by atoms with Gasteiger partial charge in [-0.1, -0.05) is 0 Å². The summed E-state index contributed by atoms with van der Waals surface area (Å²) in [5.41, 5.74) is 1.43. The van der Waals surface area contributed by atoms with Gasteiger partial charge in [0.1, 0.15) is 17.2 Å². The van der Waals surface area contributed by atoms with Crippen molar-refractivity contribution in [2.75, 3.05) is 33.9 Å². The number of guanidine groups is 1. The largest absolute Gasteiger partial charge is 0.508 e. The first-order valence-corrected chi connectivity index (χ1v) is 9.37. The summed E-state index contributed by atoms with van der Waals surface area (Å²) in [7, 11) is 3.22. The zero-order chi connectivity index (χ0) is 21.1. The third-order valence-electron chi connectivity index (χ3n) is 4.08. The van der Waals surface area contributed by atoms with E-state index in [0.717, 1.165) is 11.3 Å². The van der Waals surface area contributed by atoms with Crippen LogP contribution in [0.3, 0.4) is 0 Å². The molecule has 0 heterocycles. The Kier molecular flexibility index (Phi) is 11.4. The summed E-state index contributed by atoms with van der Waals surface area (Å²) in [6.07, 6.45) is 0. The van der Waals surface area contributed by atoms with E-state index in [0.29, 0.717) is 43.5 Å². The van der Waals surface area contributed by atoms with Gasteiger partial charge in [-0.25, -0.2) is 4.99 Å². The van der Waals surface area contributed by atoms with Crippen LogP contribution in [-0.4, -0.2) is 50.8 Å². The van der Waals surface area contributed by atoms with Gasteiger partial charge in [0.05, 0.1) is 20.8 Å². The number of phenolic OH excluding ortho intramolecular Hbond substituents is 1. The third kappa shape index (κ3) is 7.97. The summed E-state index contributed by atoms with van der Waals surface area (Å²) < 4.78 is 10.6. The second-order valence-electron chi connectivity index (χ2n) is 6.10. The van der Waals surface area contributed by atoms with E-state index in [1.165, 1.54) is 12.1 Å². The Balaban J connectivity index is 0.00000450. The molecule has 8 nitrogen and oxygen atoms in total. The molecule has 0 atom stereocenters. The van der Waals surface area contributed by atoms with Crippen LogP contribution < -0.4 is 25.4 Å². The maximum Gasteiger partial charge on any atom is 0.251 e. The molecule has 0 aliphatic heterocycles. The maximum atomic E-state index is 12.1. The van der Waals surface area contributed by atoms with Gasteiger partial charge in [-0.2, -0.15) is 0 Å². The Morgan fingerprint density at radius 3 is 2.33 bits per heavy atom. The molecule has 2 aromatic rings. The molecule has 0 unspecified atom stereocenters. The second kappa shape index (κ2) is 13.5. The lowest BCUT2D eigenvalue weighted by molar-refractivity contribution is 0.0954. The number of rotatable bonds is 9. The zero-order valence-electron chi connectivity index (χ0n) is 17.4. The molecule has 4 N–H and O–H groups in total. The lowest BCUT2D eigenvalue weighted by atomic mass is 10.2. The normalized spacial score (nSPS) is 10.6. The molecule has 30 heavy (non-hydrogen) atoms. The summed E-state index contributed by atoms with van der Waals surface area (Å²) in [6.45, 7) is 4.07. The highest BCUT2D eigenvalue weighted by Crippen LogP contribution is 2.25. The number of amides is 1. The van der Waals surface area contributed by atoms with Gasteiger partial charge >= 0.3 is 0 Å².